The fourth-order valence-corrected chi connectivity index (χ4v) is 2.13. The Bertz CT molecular complexity index is 401. The molecular formula is C13H17NO2. The third kappa shape index (κ3) is 2.25. The largest absolute Gasteiger partial charge is 0.393 e. The third-order valence-electron chi connectivity index (χ3n) is 3.05. The van der Waals surface area contributed by atoms with E-state index in [4.69, 9.17) is 0 Å². The average Bonchev–Trinajstić information content (AvgIpc) is 2.29. The Morgan fingerprint density at radius 1 is 1.56 bits per heavy atom. The zero-order valence-corrected chi connectivity index (χ0v) is 9.49. The van der Waals surface area contributed by atoms with Crippen molar-refractivity contribution in [2.75, 3.05) is 5.32 Å². The lowest BCUT2D eigenvalue weighted by Crippen LogP contribution is -2.21. The second-order valence-electron chi connectivity index (χ2n) is 4.24. The molecule has 0 bridgehead atoms. The summed E-state index contributed by atoms with van der Waals surface area (Å²) in [5.41, 5.74) is 3.21. The summed E-state index contributed by atoms with van der Waals surface area (Å²) in [6.45, 7) is 1.83. The number of aliphatic hydroxyl groups is 1. The van der Waals surface area contributed by atoms with Crippen LogP contribution in [0.25, 0.3) is 0 Å². The van der Waals surface area contributed by atoms with Gasteiger partial charge in [-0.3, -0.25) is 4.79 Å². The predicted octanol–water partition coefficient (Wildman–Crippen LogP) is 1.88. The molecule has 86 valence electrons. The Morgan fingerprint density at radius 2 is 2.38 bits per heavy atom. The minimum Gasteiger partial charge on any atom is -0.393 e. The van der Waals surface area contributed by atoms with Gasteiger partial charge in [-0.15, -0.1) is 0 Å². The van der Waals surface area contributed by atoms with Gasteiger partial charge in [0.25, 0.3) is 0 Å². The van der Waals surface area contributed by atoms with Crippen LogP contribution in [0.1, 0.15) is 30.9 Å². The monoisotopic (exact) mass is 219 g/mol. The van der Waals surface area contributed by atoms with Gasteiger partial charge < -0.3 is 10.4 Å². The molecule has 0 aliphatic heterocycles. The maximum atomic E-state index is 11.4. The van der Waals surface area contributed by atoms with Crippen LogP contribution < -0.4 is 5.32 Å². The number of hydrogen-bond donors (Lipinski definition) is 2. The van der Waals surface area contributed by atoms with Crippen molar-refractivity contribution in [3.05, 3.63) is 29.3 Å². The second kappa shape index (κ2) is 4.66. The lowest BCUT2D eigenvalue weighted by atomic mass is 9.88. The number of aryl methyl sites for hydroxylation is 1. The fourth-order valence-electron chi connectivity index (χ4n) is 2.13. The number of amides is 1. The van der Waals surface area contributed by atoms with E-state index < -0.39 is 0 Å². The van der Waals surface area contributed by atoms with E-state index >= 15 is 0 Å². The van der Waals surface area contributed by atoms with Crippen molar-refractivity contribution < 1.29 is 9.90 Å². The van der Waals surface area contributed by atoms with Gasteiger partial charge in [0, 0.05) is 18.5 Å². The Kier molecular flexibility index (Phi) is 3.25. The maximum Gasteiger partial charge on any atom is 0.224 e. The van der Waals surface area contributed by atoms with Crippen molar-refractivity contribution >= 4 is 11.6 Å². The quantitative estimate of drug-likeness (QED) is 0.798. The van der Waals surface area contributed by atoms with Gasteiger partial charge in [-0.1, -0.05) is 19.1 Å². The molecule has 1 aromatic carbocycles. The maximum absolute atomic E-state index is 11.4. The summed E-state index contributed by atoms with van der Waals surface area (Å²) < 4.78 is 0. The second-order valence-corrected chi connectivity index (χ2v) is 4.24. The van der Waals surface area contributed by atoms with Gasteiger partial charge in [-0.25, -0.2) is 0 Å². The molecule has 1 aromatic rings. The van der Waals surface area contributed by atoms with Gasteiger partial charge in [-0.05, 0) is 30.0 Å². The van der Waals surface area contributed by atoms with Gasteiger partial charge in [0.2, 0.25) is 5.91 Å². The van der Waals surface area contributed by atoms with Crippen LogP contribution in [0.4, 0.5) is 5.69 Å². The Labute approximate surface area is 95.5 Å². The summed E-state index contributed by atoms with van der Waals surface area (Å²) in [6.07, 6.45) is 2.57. The number of fused-ring (bicyclic) bond motifs is 1. The zero-order chi connectivity index (χ0) is 11.5. The summed E-state index contributed by atoms with van der Waals surface area (Å²) in [5.74, 6) is 0.0217. The predicted molar refractivity (Wildman–Crippen MR) is 63.4 cm³/mol. The highest BCUT2D eigenvalue weighted by Crippen LogP contribution is 2.28. The number of hydrogen-bond acceptors (Lipinski definition) is 2. The molecule has 1 amide bonds. The van der Waals surface area contributed by atoms with E-state index in [2.05, 4.69) is 11.4 Å². The summed E-state index contributed by atoms with van der Waals surface area (Å²) in [7, 11) is 0. The van der Waals surface area contributed by atoms with Crippen molar-refractivity contribution in [1.29, 1.82) is 0 Å². The van der Waals surface area contributed by atoms with E-state index in [1.165, 1.54) is 5.56 Å². The zero-order valence-electron chi connectivity index (χ0n) is 9.49. The first-order valence-corrected chi connectivity index (χ1v) is 5.79. The lowest BCUT2D eigenvalue weighted by molar-refractivity contribution is -0.115. The Hall–Kier alpha value is -1.35. The molecule has 0 saturated carbocycles. The molecule has 3 nitrogen and oxygen atoms in total. The number of carbonyl (C=O) groups is 1. The van der Waals surface area contributed by atoms with E-state index in [9.17, 15) is 9.90 Å². The van der Waals surface area contributed by atoms with E-state index in [0.29, 0.717) is 12.8 Å². The molecule has 16 heavy (non-hydrogen) atoms. The van der Waals surface area contributed by atoms with Gasteiger partial charge in [0.1, 0.15) is 0 Å². The molecule has 0 heterocycles. The topological polar surface area (TPSA) is 49.3 Å². The van der Waals surface area contributed by atoms with Crippen molar-refractivity contribution in [3.8, 4) is 0 Å². The highest BCUT2D eigenvalue weighted by molar-refractivity contribution is 5.91. The Morgan fingerprint density at radius 3 is 3.12 bits per heavy atom. The van der Waals surface area contributed by atoms with Gasteiger partial charge >= 0.3 is 0 Å². The van der Waals surface area contributed by atoms with E-state index in [-0.39, 0.29) is 12.0 Å². The first-order chi connectivity index (χ1) is 7.70. The summed E-state index contributed by atoms with van der Waals surface area (Å²) >= 11 is 0. The van der Waals surface area contributed by atoms with Crippen LogP contribution in [-0.2, 0) is 17.6 Å². The summed E-state index contributed by atoms with van der Waals surface area (Å²) in [4.78, 5) is 11.4. The molecule has 1 aliphatic rings. The highest BCUT2D eigenvalue weighted by atomic mass is 16.3. The SMILES string of the molecule is CCC(=O)Nc1cccc2c1CC(O)CC2. The van der Waals surface area contributed by atoms with Crippen LogP contribution in [0.15, 0.2) is 18.2 Å². The van der Waals surface area contributed by atoms with Crippen LogP contribution in [-0.4, -0.2) is 17.1 Å². The molecule has 0 spiro atoms. The van der Waals surface area contributed by atoms with E-state index in [0.717, 1.165) is 24.1 Å². The minimum absolute atomic E-state index is 0.0217. The van der Waals surface area contributed by atoms with Crippen molar-refractivity contribution in [2.24, 2.45) is 0 Å². The molecule has 2 rings (SSSR count). The molecule has 1 aliphatic carbocycles. The first kappa shape index (κ1) is 11.1. The molecule has 0 radical (unpaired) electrons. The van der Waals surface area contributed by atoms with Crippen LogP contribution in [0.3, 0.4) is 0 Å². The molecule has 3 heteroatoms. The average molecular weight is 219 g/mol. The smallest absolute Gasteiger partial charge is 0.224 e. The molecule has 1 atom stereocenters. The van der Waals surface area contributed by atoms with Crippen molar-refractivity contribution in [1.82, 2.24) is 0 Å². The normalized spacial score (nSPS) is 19.0. The number of nitrogens with one attached hydrogen (secondary N) is 1. The molecule has 0 saturated heterocycles. The summed E-state index contributed by atoms with van der Waals surface area (Å²) in [6, 6.07) is 5.94. The van der Waals surface area contributed by atoms with Crippen molar-refractivity contribution in [3.63, 3.8) is 0 Å². The lowest BCUT2D eigenvalue weighted by Gasteiger charge is -2.23. The van der Waals surface area contributed by atoms with Crippen LogP contribution in [0, 0.1) is 0 Å². The molecule has 1 unspecified atom stereocenters. The molecular weight excluding hydrogens is 202 g/mol. The third-order valence-corrected chi connectivity index (χ3v) is 3.05. The molecule has 0 aromatic heterocycles. The number of rotatable bonds is 2. The van der Waals surface area contributed by atoms with E-state index in [1.807, 2.05) is 19.1 Å². The molecule has 0 fully saturated rings. The summed E-state index contributed by atoms with van der Waals surface area (Å²) in [5, 5.41) is 12.5. The number of carbonyl (C=O) groups excluding carboxylic acids is 1. The van der Waals surface area contributed by atoms with Crippen LogP contribution in [0.2, 0.25) is 0 Å². The number of aliphatic hydroxyl groups excluding tert-OH is 1. The van der Waals surface area contributed by atoms with Gasteiger partial charge in [-0.2, -0.15) is 0 Å². The minimum atomic E-state index is -0.271. The van der Waals surface area contributed by atoms with Gasteiger partial charge in [0.15, 0.2) is 0 Å². The standard InChI is InChI=1S/C13H17NO2/c1-2-13(16)14-12-5-3-4-9-6-7-10(15)8-11(9)12/h3-5,10,15H,2,6-8H2,1H3,(H,14,16). The highest BCUT2D eigenvalue weighted by Gasteiger charge is 2.19. The van der Waals surface area contributed by atoms with Crippen LogP contribution in [0.5, 0.6) is 0 Å². The fraction of sp³-hybridized carbons (Fsp3) is 0.462. The number of anilines is 1. The van der Waals surface area contributed by atoms with Crippen LogP contribution >= 0.6 is 0 Å². The van der Waals surface area contributed by atoms with E-state index in [1.54, 1.807) is 0 Å². The first-order valence-electron chi connectivity index (χ1n) is 5.79. The number of benzene rings is 1. The van der Waals surface area contributed by atoms with Gasteiger partial charge in [0.05, 0.1) is 6.10 Å². The Balaban J connectivity index is 2.28. The molecule has 2 N–H and O–H groups in total. The van der Waals surface area contributed by atoms with Crippen molar-refractivity contribution in [2.45, 2.75) is 38.7 Å².